The predicted molar refractivity (Wildman–Crippen MR) is 141 cm³/mol. The van der Waals surface area contributed by atoms with Gasteiger partial charge in [-0.2, -0.15) is 0 Å². The van der Waals surface area contributed by atoms with Gasteiger partial charge in [-0.25, -0.2) is 4.79 Å². The Morgan fingerprint density at radius 2 is 1.42 bits per heavy atom. The minimum absolute atomic E-state index is 0.247. The average molecular weight is 492 g/mol. The van der Waals surface area contributed by atoms with Gasteiger partial charge in [0.05, 0.1) is 0 Å². The van der Waals surface area contributed by atoms with E-state index in [-0.39, 0.29) is 19.0 Å². The summed E-state index contributed by atoms with van der Waals surface area (Å²) in [7, 11) is 0. The predicted octanol–water partition coefficient (Wildman–Crippen LogP) is 6.84. The average Bonchev–Trinajstić information content (AvgIpc) is 2.91. The van der Waals surface area contributed by atoms with E-state index in [2.05, 4.69) is 0 Å². The SMILES string of the molecule is CCOC(CCCN(CCc1cccc(Oc2ccccc2)c1)C(=O)OCc1ccccc1)OCC. The van der Waals surface area contributed by atoms with Gasteiger partial charge in [0.25, 0.3) is 0 Å². The first-order chi connectivity index (χ1) is 17.7. The number of rotatable bonds is 15. The van der Waals surface area contributed by atoms with Crippen LogP contribution in [0.1, 0.15) is 37.8 Å². The van der Waals surface area contributed by atoms with Crippen LogP contribution in [0, 0.1) is 0 Å². The molecule has 0 fully saturated rings. The number of carbonyl (C=O) groups is 1. The van der Waals surface area contributed by atoms with E-state index in [0.717, 1.165) is 29.0 Å². The molecule has 0 N–H and O–H groups in total. The van der Waals surface area contributed by atoms with E-state index in [1.54, 1.807) is 4.90 Å². The highest BCUT2D eigenvalue weighted by atomic mass is 16.7. The zero-order valence-corrected chi connectivity index (χ0v) is 21.3. The maximum atomic E-state index is 13.0. The van der Waals surface area contributed by atoms with Crippen LogP contribution in [0.3, 0.4) is 0 Å². The summed E-state index contributed by atoms with van der Waals surface area (Å²) < 4.78 is 22.9. The van der Waals surface area contributed by atoms with Crippen LogP contribution in [0.5, 0.6) is 11.5 Å². The van der Waals surface area contributed by atoms with E-state index in [0.29, 0.717) is 39.1 Å². The number of nitrogens with zero attached hydrogens (tertiary/aromatic N) is 1. The van der Waals surface area contributed by atoms with Crippen LogP contribution >= 0.6 is 0 Å². The van der Waals surface area contributed by atoms with Gasteiger partial charge in [-0.15, -0.1) is 0 Å². The summed E-state index contributed by atoms with van der Waals surface area (Å²) in [6.07, 6.45) is 1.58. The first-order valence-electron chi connectivity index (χ1n) is 12.7. The summed E-state index contributed by atoms with van der Waals surface area (Å²) in [5, 5.41) is 0. The Labute approximate surface area is 214 Å². The molecule has 0 bridgehead atoms. The van der Waals surface area contributed by atoms with Gasteiger partial charge in [-0.3, -0.25) is 0 Å². The number of amides is 1. The van der Waals surface area contributed by atoms with Crippen LogP contribution in [-0.2, 0) is 27.2 Å². The van der Waals surface area contributed by atoms with Crippen LogP contribution in [0.2, 0.25) is 0 Å². The molecule has 0 atom stereocenters. The summed E-state index contributed by atoms with van der Waals surface area (Å²) in [5.74, 6) is 1.56. The van der Waals surface area contributed by atoms with Crippen molar-refractivity contribution in [3.05, 3.63) is 96.1 Å². The standard InChI is InChI=1S/C30H37NO5/c1-3-33-29(34-4-2)19-12-21-31(30(32)35-24-26-13-7-5-8-14-26)22-20-25-15-11-18-28(23-25)36-27-16-9-6-10-17-27/h5-11,13-18,23,29H,3-4,12,19-22,24H2,1-2H3. The highest BCUT2D eigenvalue weighted by Crippen LogP contribution is 2.22. The third-order valence-electron chi connectivity index (χ3n) is 5.58. The molecule has 192 valence electrons. The fourth-order valence-electron chi connectivity index (χ4n) is 3.79. The first-order valence-corrected chi connectivity index (χ1v) is 12.7. The molecule has 0 spiro atoms. The van der Waals surface area contributed by atoms with Gasteiger partial charge < -0.3 is 23.8 Å². The van der Waals surface area contributed by atoms with Crippen LogP contribution in [0.4, 0.5) is 4.79 Å². The third kappa shape index (κ3) is 9.72. The molecule has 3 rings (SSSR count). The minimum Gasteiger partial charge on any atom is -0.457 e. The summed E-state index contributed by atoms with van der Waals surface area (Å²) in [4.78, 5) is 14.8. The zero-order valence-electron chi connectivity index (χ0n) is 21.3. The lowest BCUT2D eigenvalue weighted by atomic mass is 10.1. The van der Waals surface area contributed by atoms with Crippen LogP contribution < -0.4 is 4.74 Å². The first kappa shape index (κ1) is 27.2. The molecule has 6 nitrogen and oxygen atoms in total. The molecule has 0 radical (unpaired) electrons. The van der Waals surface area contributed by atoms with Crippen molar-refractivity contribution in [3.8, 4) is 11.5 Å². The Hall–Kier alpha value is -3.35. The lowest BCUT2D eigenvalue weighted by Gasteiger charge is -2.24. The van der Waals surface area contributed by atoms with Gasteiger partial charge in [0, 0.05) is 32.7 Å². The third-order valence-corrected chi connectivity index (χ3v) is 5.58. The number of ether oxygens (including phenoxy) is 4. The number of para-hydroxylation sites is 1. The molecule has 0 aliphatic carbocycles. The van der Waals surface area contributed by atoms with Gasteiger partial charge in [0.15, 0.2) is 6.29 Å². The van der Waals surface area contributed by atoms with Crippen molar-refractivity contribution < 1.29 is 23.7 Å². The summed E-state index contributed by atoms with van der Waals surface area (Å²) in [6, 6.07) is 27.4. The lowest BCUT2D eigenvalue weighted by molar-refractivity contribution is -0.140. The Morgan fingerprint density at radius 3 is 2.11 bits per heavy atom. The van der Waals surface area contributed by atoms with Crippen molar-refractivity contribution in [2.45, 2.75) is 46.0 Å². The van der Waals surface area contributed by atoms with E-state index >= 15 is 0 Å². The number of carbonyl (C=O) groups excluding carboxylic acids is 1. The molecule has 0 unspecified atom stereocenters. The molecule has 3 aromatic carbocycles. The Bertz CT molecular complexity index is 1010. The van der Waals surface area contributed by atoms with E-state index in [1.165, 1.54) is 0 Å². The summed E-state index contributed by atoms with van der Waals surface area (Å²) >= 11 is 0. The zero-order chi connectivity index (χ0) is 25.4. The second-order valence-electron chi connectivity index (χ2n) is 8.32. The minimum atomic E-state index is -0.320. The fourth-order valence-corrected chi connectivity index (χ4v) is 3.79. The van der Waals surface area contributed by atoms with Crippen molar-refractivity contribution in [1.82, 2.24) is 4.90 Å². The van der Waals surface area contributed by atoms with E-state index in [4.69, 9.17) is 18.9 Å². The topological polar surface area (TPSA) is 57.2 Å². The summed E-state index contributed by atoms with van der Waals surface area (Å²) in [5.41, 5.74) is 2.05. The van der Waals surface area contributed by atoms with Crippen molar-refractivity contribution in [2.75, 3.05) is 26.3 Å². The van der Waals surface area contributed by atoms with E-state index < -0.39 is 0 Å². The monoisotopic (exact) mass is 491 g/mol. The smallest absolute Gasteiger partial charge is 0.410 e. The highest BCUT2D eigenvalue weighted by Gasteiger charge is 2.17. The molecule has 3 aromatic rings. The maximum Gasteiger partial charge on any atom is 0.410 e. The molecule has 1 amide bonds. The highest BCUT2D eigenvalue weighted by molar-refractivity contribution is 5.67. The number of hydrogen-bond acceptors (Lipinski definition) is 5. The van der Waals surface area contributed by atoms with Gasteiger partial charge in [-0.05, 0) is 62.1 Å². The van der Waals surface area contributed by atoms with Crippen LogP contribution in [0.25, 0.3) is 0 Å². The molecule has 0 aromatic heterocycles. The molecular formula is C30H37NO5. The van der Waals surface area contributed by atoms with Crippen molar-refractivity contribution in [3.63, 3.8) is 0 Å². The van der Waals surface area contributed by atoms with E-state index in [9.17, 15) is 4.79 Å². The number of hydrogen-bond donors (Lipinski definition) is 0. The summed E-state index contributed by atoms with van der Waals surface area (Å²) in [6.45, 7) is 6.44. The molecule has 0 aliphatic rings. The lowest BCUT2D eigenvalue weighted by Crippen LogP contribution is -2.35. The Morgan fingerprint density at radius 1 is 0.778 bits per heavy atom. The Kier molecular flexibility index (Phi) is 11.8. The van der Waals surface area contributed by atoms with Crippen LogP contribution in [-0.4, -0.2) is 43.6 Å². The molecule has 6 heteroatoms. The normalized spacial score (nSPS) is 10.9. The molecule has 0 heterocycles. The van der Waals surface area contributed by atoms with Crippen molar-refractivity contribution in [1.29, 1.82) is 0 Å². The maximum absolute atomic E-state index is 13.0. The fraction of sp³-hybridized carbons (Fsp3) is 0.367. The molecule has 0 aliphatic heterocycles. The van der Waals surface area contributed by atoms with E-state index in [1.807, 2.05) is 98.8 Å². The molecule has 0 saturated carbocycles. The second kappa shape index (κ2) is 15.6. The van der Waals surface area contributed by atoms with Crippen molar-refractivity contribution in [2.24, 2.45) is 0 Å². The van der Waals surface area contributed by atoms with Gasteiger partial charge in [0.1, 0.15) is 18.1 Å². The van der Waals surface area contributed by atoms with Crippen molar-refractivity contribution >= 4 is 6.09 Å². The number of benzene rings is 3. The molecule has 36 heavy (non-hydrogen) atoms. The molecular weight excluding hydrogens is 454 g/mol. The Balaban J connectivity index is 1.59. The quantitative estimate of drug-likeness (QED) is 0.218. The van der Waals surface area contributed by atoms with Crippen LogP contribution in [0.15, 0.2) is 84.9 Å². The second-order valence-corrected chi connectivity index (χ2v) is 8.32. The van der Waals surface area contributed by atoms with Gasteiger partial charge in [0.2, 0.25) is 0 Å². The largest absolute Gasteiger partial charge is 0.457 e. The van der Waals surface area contributed by atoms with Gasteiger partial charge in [-0.1, -0.05) is 60.7 Å². The molecule has 0 saturated heterocycles. The van der Waals surface area contributed by atoms with Gasteiger partial charge >= 0.3 is 6.09 Å².